The summed E-state index contributed by atoms with van der Waals surface area (Å²) in [7, 11) is -0.973. The van der Waals surface area contributed by atoms with E-state index in [-0.39, 0.29) is 5.73 Å². The first kappa shape index (κ1) is 17.3. The van der Waals surface area contributed by atoms with Crippen LogP contribution in [0.3, 0.4) is 0 Å². The van der Waals surface area contributed by atoms with E-state index < -0.39 is 18.3 Å². The standard InChI is InChI=1S/C20H24BFO2/c1-14(18(22)21-23-19(2,3)20(4,5)24-21)17-9-7-6-8-16(17)13-12-15-10-11-15/h6-9,15H,10-11H2,1-5H3. The highest BCUT2D eigenvalue weighted by Crippen LogP contribution is 2.40. The van der Waals surface area contributed by atoms with Gasteiger partial charge < -0.3 is 9.31 Å². The zero-order chi connectivity index (χ0) is 17.5. The van der Waals surface area contributed by atoms with Crippen molar-refractivity contribution in [3.8, 4) is 11.8 Å². The summed E-state index contributed by atoms with van der Waals surface area (Å²) in [6.07, 6.45) is 2.35. The maximum Gasteiger partial charge on any atom is 0.525 e. The molecule has 0 aromatic heterocycles. The van der Waals surface area contributed by atoms with Crippen LogP contribution in [-0.2, 0) is 9.31 Å². The van der Waals surface area contributed by atoms with Crippen LogP contribution < -0.4 is 0 Å². The molecule has 1 saturated carbocycles. The van der Waals surface area contributed by atoms with E-state index >= 15 is 4.39 Å². The first-order valence-electron chi connectivity index (χ1n) is 8.54. The highest BCUT2D eigenvalue weighted by molar-refractivity contribution is 6.55. The van der Waals surface area contributed by atoms with Gasteiger partial charge in [-0.1, -0.05) is 30.0 Å². The largest absolute Gasteiger partial charge is 0.525 e. The van der Waals surface area contributed by atoms with E-state index in [2.05, 4.69) is 11.8 Å². The number of rotatable bonds is 2. The third-order valence-corrected chi connectivity index (χ3v) is 5.14. The molecule has 1 aliphatic heterocycles. The van der Waals surface area contributed by atoms with Gasteiger partial charge in [0, 0.05) is 11.5 Å². The lowest BCUT2D eigenvalue weighted by atomic mass is 9.82. The van der Waals surface area contributed by atoms with Crippen LogP contribution in [0.1, 0.15) is 58.6 Å². The van der Waals surface area contributed by atoms with Crippen LogP contribution in [0.25, 0.3) is 5.57 Å². The lowest BCUT2D eigenvalue weighted by Gasteiger charge is -2.32. The van der Waals surface area contributed by atoms with Crippen LogP contribution >= 0.6 is 0 Å². The molecule has 1 heterocycles. The second-order valence-electron chi connectivity index (χ2n) is 7.65. The van der Waals surface area contributed by atoms with Crippen LogP contribution in [0.2, 0.25) is 0 Å². The minimum atomic E-state index is -0.973. The maximum atomic E-state index is 15.0. The van der Waals surface area contributed by atoms with Crippen LogP contribution in [0.4, 0.5) is 4.39 Å². The van der Waals surface area contributed by atoms with Gasteiger partial charge in [-0.15, -0.1) is 0 Å². The average Bonchev–Trinajstić information content (AvgIpc) is 3.31. The van der Waals surface area contributed by atoms with Crippen LogP contribution in [-0.4, -0.2) is 18.3 Å². The second kappa shape index (κ2) is 6.06. The average molecular weight is 326 g/mol. The van der Waals surface area contributed by atoms with E-state index in [1.807, 2.05) is 52.0 Å². The molecule has 0 bridgehead atoms. The van der Waals surface area contributed by atoms with E-state index in [0.29, 0.717) is 11.5 Å². The van der Waals surface area contributed by atoms with Crippen molar-refractivity contribution in [3.63, 3.8) is 0 Å². The Morgan fingerprint density at radius 3 is 2.29 bits per heavy atom. The quantitative estimate of drug-likeness (QED) is 0.575. The molecule has 1 aliphatic carbocycles. The van der Waals surface area contributed by atoms with Crippen molar-refractivity contribution in [2.75, 3.05) is 0 Å². The molecular weight excluding hydrogens is 302 g/mol. The van der Waals surface area contributed by atoms with Crippen LogP contribution in [0.5, 0.6) is 0 Å². The Bertz CT molecular complexity index is 719. The van der Waals surface area contributed by atoms with Crippen molar-refractivity contribution in [1.29, 1.82) is 0 Å². The molecule has 0 radical (unpaired) electrons. The lowest BCUT2D eigenvalue weighted by molar-refractivity contribution is 0.00578. The first-order chi connectivity index (χ1) is 11.2. The summed E-state index contributed by atoms with van der Waals surface area (Å²) >= 11 is 0. The predicted octanol–water partition coefficient (Wildman–Crippen LogP) is 4.78. The van der Waals surface area contributed by atoms with Gasteiger partial charge in [-0.2, -0.15) is 0 Å². The minimum absolute atomic E-state index is 0.380. The van der Waals surface area contributed by atoms with Crippen LogP contribution in [0.15, 0.2) is 30.0 Å². The normalized spacial score (nSPS) is 22.7. The predicted molar refractivity (Wildman–Crippen MR) is 95.8 cm³/mol. The number of hydrogen-bond acceptors (Lipinski definition) is 2. The van der Waals surface area contributed by atoms with Crippen molar-refractivity contribution >= 4 is 12.7 Å². The minimum Gasteiger partial charge on any atom is -0.398 e. The summed E-state index contributed by atoms with van der Waals surface area (Å²) in [5.41, 5.74) is 0.691. The summed E-state index contributed by atoms with van der Waals surface area (Å²) in [6, 6.07) is 7.67. The summed E-state index contributed by atoms with van der Waals surface area (Å²) in [5.74, 6) is 6.96. The Balaban J connectivity index is 1.92. The summed E-state index contributed by atoms with van der Waals surface area (Å²) in [5, 5.41) is 0. The fourth-order valence-electron chi connectivity index (χ4n) is 2.58. The molecule has 0 atom stereocenters. The Kier molecular flexibility index (Phi) is 4.36. The van der Waals surface area contributed by atoms with E-state index in [1.165, 1.54) is 12.8 Å². The van der Waals surface area contributed by atoms with E-state index in [4.69, 9.17) is 9.31 Å². The molecule has 1 aromatic carbocycles. The molecular formula is C20H24BFO2. The summed E-state index contributed by atoms with van der Waals surface area (Å²) in [4.78, 5) is 0. The van der Waals surface area contributed by atoms with Crippen molar-refractivity contribution < 1.29 is 13.7 Å². The van der Waals surface area contributed by atoms with E-state index in [1.54, 1.807) is 6.92 Å². The molecule has 0 unspecified atom stereocenters. The molecule has 2 fully saturated rings. The molecule has 0 spiro atoms. The SMILES string of the molecule is CC(=C(F)B1OC(C)(C)C(C)(C)O1)c1ccccc1C#CC1CC1. The third-order valence-electron chi connectivity index (χ3n) is 5.14. The van der Waals surface area contributed by atoms with Crippen molar-refractivity contribution in [1.82, 2.24) is 0 Å². The van der Waals surface area contributed by atoms with Gasteiger partial charge in [0.1, 0.15) is 5.73 Å². The fraction of sp³-hybridized carbons (Fsp3) is 0.500. The van der Waals surface area contributed by atoms with Gasteiger partial charge >= 0.3 is 7.12 Å². The summed E-state index contributed by atoms with van der Waals surface area (Å²) < 4.78 is 26.7. The van der Waals surface area contributed by atoms with E-state index in [9.17, 15) is 0 Å². The van der Waals surface area contributed by atoms with Gasteiger partial charge in [-0.05, 0) is 64.7 Å². The maximum absolute atomic E-state index is 15.0. The Morgan fingerprint density at radius 1 is 1.12 bits per heavy atom. The third kappa shape index (κ3) is 3.29. The number of hydrogen-bond donors (Lipinski definition) is 0. The zero-order valence-corrected chi connectivity index (χ0v) is 15.1. The monoisotopic (exact) mass is 326 g/mol. The molecule has 2 nitrogen and oxygen atoms in total. The molecule has 3 rings (SSSR count). The summed E-state index contributed by atoms with van der Waals surface area (Å²) in [6.45, 7) is 9.45. The van der Waals surface area contributed by atoms with Crippen molar-refractivity contribution in [2.45, 2.75) is 58.7 Å². The fourth-order valence-corrected chi connectivity index (χ4v) is 2.58. The van der Waals surface area contributed by atoms with E-state index in [0.717, 1.165) is 11.1 Å². The van der Waals surface area contributed by atoms with Crippen molar-refractivity contribution in [2.24, 2.45) is 5.92 Å². The molecule has 0 N–H and O–H groups in total. The van der Waals surface area contributed by atoms with Gasteiger partial charge in [0.25, 0.3) is 0 Å². The zero-order valence-electron chi connectivity index (χ0n) is 15.1. The van der Waals surface area contributed by atoms with Crippen LogP contribution in [0, 0.1) is 17.8 Å². The molecule has 24 heavy (non-hydrogen) atoms. The van der Waals surface area contributed by atoms with Gasteiger partial charge in [0.15, 0.2) is 0 Å². The molecule has 0 amide bonds. The number of allylic oxidation sites excluding steroid dienone is 1. The van der Waals surface area contributed by atoms with Gasteiger partial charge in [-0.25, -0.2) is 4.39 Å². The van der Waals surface area contributed by atoms with Gasteiger partial charge in [0.05, 0.1) is 11.2 Å². The first-order valence-corrected chi connectivity index (χ1v) is 8.54. The molecule has 1 aromatic rings. The lowest BCUT2D eigenvalue weighted by Crippen LogP contribution is -2.41. The van der Waals surface area contributed by atoms with Crippen molar-refractivity contribution in [3.05, 3.63) is 41.1 Å². The molecule has 1 saturated heterocycles. The topological polar surface area (TPSA) is 18.5 Å². The number of benzene rings is 1. The van der Waals surface area contributed by atoms with Gasteiger partial charge in [0.2, 0.25) is 0 Å². The second-order valence-corrected chi connectivity index (χ2v) is 7.65. The smallest absolute Gasteiger partial charge is 0.398 e. The Morgan fingerprint density at radius 2 is 1.71 bits per heavy atom. The molecule has 2 aliphatic rings. The highest BCUT2D eigenvalue weighted by atomic mass is 19.1. The number of halogens is 1. The molecule has 4 heteroatoms. The van der Waals surface area contributed by atoms with Gasteiger partial charge in [-0.3, -0.25) is 0 Å². The Hall–Kier alpha value is -1.57. The molecule has 126 valence electrons. The Labute approximate surface area is 144 Å². The highest BCUT2D eigenvalue weighted by Gasteiger charge is 2.53.